The molecule has 1 fully saturated rings. The molecule has 0 atom stereocenters. The number of benzene rings is 3. The van der Waals surface area contributed by atoms with E-state index in [4.69, 9.17) is 11.6 Å². The van der Waals surface area contributed by atoms with Crippen LogP contribution in [0.3, 0.4) is 0 Å². The Kier molecular flexibility index (Phi) is 6.09. The molecule has 1 heterocycles. The molecule has 0 saturated carbocycles. The van der Waals surface area contributed by atoms with Crippen molar-refractivity contribution in [2.24, 2.45) is 0 Å². The number of amides is 1. The summed E-state index contributed by atoms with van der Waals surface area (Å²) in [7, 11) is -3.44. The molecule has 3 aromatic rings. The SMILES string of the molecule is O=C(Nc1ccc(F)c(Cl)c1)c1ccc(-c2ccc(S(=O)(=O)N3CCCC3)cc2)cc1. The van der Waals surface area contributed by atoms with E-state index in [0.717, 1.165) is 24.0 Å². The fourth-order valence-corrected chi connectivity index (χ4v) is 5.19. The van der Waals surface area contributed by atoms with Gasteiger partial charge in [-0.2, -0.15) is 4.31 Å². The van der Waals surface area contributed by atoms with Crippen molar-refractivity contribution >= 4 is 33.2 Å². The van der Waals surface area contributed by atoms with Crippen molar-refractivity contribution in [3.05, 3.63) is 83.1 Å². The predicted octanol–water partition coefficient (Wildman–Crippen LogP) is 5.18. The number of rotatable bonds is 5. The lowest BCUT2D eigenvalue weighted by molar-refractivity contribution is 0.102. The molecule has 1 amide bonds. The van der Waals surface area contributed by atoms with Gasteiger partial charge in [-0.25, -0.2) is 12.8 Å². The van der Waals surface area contributed by atoms with Gasteiger partial charge in [0.05, 0.1) is 9.92 Å². The number of hydrogen-bond donors (Lipinski definition) is 1. The highest BCUT2D eigenvalue weighted by molar-refractivity contribution is 7.89. The first-order chi connectivity index (χ1) is 14.8. The van der Waals surface area contributed by atoms with Crippen LogP contribution in [0.2, 0.25) is 5.02 Å². The molecule has 0 aliphatic carbocycles. The Hall–Kier alpha value is -2.74. The molecule has 1 aliphatic rings. The van der Waals surface area contributed by atoms with Crippen molar-refractivity contribution < 1.29 is 17.6 Å². The van der Waals surface area contributed by atoms with Crippen molar-refractivity contribution in [2.45, 2.75) is 17.7 Å². The summed E-state index contributed by atoms with van der Waals surface area (Å²) in [4.78, 5) is 12.7. The molecule has 1 N–H and O–H groups in total. The number of halogens is 2. The molecule has 8 heteroatoms. The van der Waals surface area contributed by atoms with Crippen LogP contribution in [0.5, 0.6) is 0 Å². The summed E-state index contributed by atoms with van der Waals surface area (Å²) in [6, 6.07) is 17.6. The Bertz CT molecular complexity index is 1210. The van der Waals surface area contributed by atoms with Crippen LogP contribution in [0.15, 0.2) is 71.6 Å². The molecule has 0 unspecified atom stereocenters. The number of carbonyl (C=O) groups excluding carboxylic acids is 1. The quantitative estimate of drug-likeness (QED) is 0.572. The smallest absolute Gasteiger partial charge is 0.255 e. The van der Waals surface area contributed by atoms with E-state index in [1.807, 2.05) is 0 Å². The van der Waals surface area contributed by atoms with Crippen molar-refractivity contribution in [1.82, 2.24) is 4.31 Å². The molecule has 1 saturated heterocycles. The van der Waals surface area contributed by atoms with E-state index in [1.54, 1.807) is 48.5 Å². The van der Waals surface area contributed by atoms with Gasteiger partial charge in [0.2, 0.25) is 10.0 Å². The van der Waals surface area contributed by atoms with Gasteiger partial charge in [0, 0.05) is 24.3 Å². The minimum Gasteiger partial charge on any atom is -0.322 e. The standard InChI is InChI=1S/C23H20ClFN2O3S/c24-21-15-19(9-12-22(21)25)26-23(28)18-5-3-16(4-6-18)17-7-10-20(11-8-17)31(29,30)27-13-1-2-14-27/h3-12,15H,1-2,13-14H2,(H,26,28). The minimum atomic E-state index is -3.44. The van der Waals surface area contributed by atoms with Gasteiger partial charge >= 0.3 is 0 Å². The van der Waals surface area contributed by atoms with E-state index in [-0.39, 0.29) is 15.8 Å². The van der Waals surface area contributed by atoms with Gasteiger partial charge < -0.3 is 5.32 Å². The number of nitrogens with one attached hydrogen (secondary N) is 1. The van der Waals surface area contributed by atoms with Crippen LogP contribution in [0.1, 0.15) is 23.2 Å². The van der Waals surface area contributed by atoms with Gasteiger partial charge in [-0.3, -0.25) is 4.79 Å². The fourth-order valence-electron chi connectivity index (χ4n) is 3.49. The molecule has 4 rings (SSSR count). The van der Waals surface area contributed by atoms with Crippen molar-refractivity contribution in [3.8, 4) is 11.1 Å². The number of anilines is 1. The van der Waals surface area contributed by atoms with Crippen LogP contribution in [0.25, 0.3) is 11.1 Å². The number of carbonyl (C=O) groups is 1. The summed E-state index contributed by atoms with van der Waals surface area (Å²) in [6.45, 7) is 1.13. The van der Waals surface area contributed by atoms with Crippen molar-refractivity contribution in [2.75, 3.05) is 18.4 Å². The normalized spacial score (nSPS) is 14.5. The van der Waals surface area contributed by atoms with Crippen molar-refractivity contribution in [1.29, 1.82) is 0 Å². The topological polar surface area (TPSA) is 66.5 Å². The Balaban J connectivity index is 1.47. The predicted molar refractivity (Wildman–Crippen MR) is 119 cm³/mol. The Labute approximate surface area is 185 Å². The van der Waals surface area contributed by atoms with Crippen LogP contribution in [-0.4, -0.2) is 31.7 Å². The highest BCUT2D eigenvalue weighted by Gasteiger charge is 2.26. The Morgan fingerprint density at radius 1 is 0.903 bits per heavy atom. The van der Waals surface area contributed by atoms with Gasteiger partial charge in [0.25, 0.3) is 5.91 Å². The van der Waals surface area contributed by atoms with E-state index in [2.05, 4.69) is 5.32 Å². The van der Waals surface area contributed by atoms with Crippen LogP contribution in [0.4, 0.5) is 10.1 Å². The van der Waals surface area contributed by atoms with Gasteiger partial charge in [-0.15, -0.1) is 0 Å². The molecule has 0 bridgehead atoms. The van der Waals surface area contributed by atoms with Crippen LogP contribution in [-0.2, 0) is 10.0 Å². The zero-order valence-corrected chi connectivity index (χ0v) is 18.1. The third-order valence-corrected chi connectivity index (χ3v) is 7.42. The first kappa shape index (κ1) is 21.5. The summed E-state index contributed by atoms with van der Waals surface area (Å²) in [6.07, 6.45) is 1.79. The summed E-state index contributed by atoms with van der Waals surface area (Å²) in [5.41, 5.74) is 2.52. The van der Waals surface area contributed by atoms with E-state index in [9.17, 15) is 17.6 Å². The van der Waals surface area contributed by atoms with Gasteiger partial charge in [0.1, 0.15) is 5.82 Å². The second-order valence-corrected chi connectivity index (χ2v) is 9.64. The number of hydrogen-bond acceptors (Lipinski definition) is 3. The van der Waals surface area contributed by atoms with Crippen LogP contribution in [0, 0.1) is 5.82 Å². The zero-order valence-electron chi connectivity index (χ0n) is 16.5. The minimum absolute atomic E-state index is 0.0664. The van der Waals surface area contributed by atoms with E-state index in [0.29, 0.717) is 24.3 Å². The number of sulfonamides is 1. The Morgan fingerprint density at radius 2 is 1.48 bits per heavy atom. The third kappa shape index (κ3) is 4.63. The lowest BCUT2D eigenvalue weighted by atomic mass is 10.0. The monoisotopic (exact) mass is 458 g/mol. The average molecular weight is 459 g/mol. The second-order valence-electron chi connectivity index (χ2n) is 7.30. The van der Waals surface area contributed by atoms with Gasteiger partial charge in [-0.1, -0.05) is 35.9 Å². The molecule has 0 radical (unpaired) electrons. The van der Waals surface area contributed by atoms with E-state index in [1.165, 1.54) is 22.5 Å². The molecular formula is C23H20ClFN2O3S. The Morgan fingerprint density at radius 3 is 2.06 bits per heavy atom. The number of nitrogens with zero attached hydrogens (tertiary/aromatic N) is 1. The molecular weight excluding hydrogens is 439 g/mol. The lowest BCUT2D eigenvalue weighted by Gasteiger charge is -2.15. The van der Waals surface area contributed by atoms with Gasteiger partial charge in [0.15, 0.2) is 0 Å². The summed E-state index contributed by atoms with van der Waals surface area (Å²) in [5.74, 6) is -0.899. The van der Waals surface area contributed by atoms with Crippen molar-refractivity contribution in [3.63, 3.8) is 0 Å². The highest BCUT2D eigenvalue weighted by Crippen LogP contribution is 2.26. The molecule has 31 heavy (non-hydrogen) atoms. The molecule has 0 aromatic heterocycles. The highest BCUT2D eigenvalue weighted by atomic mass is 35.5. The molecule has 1 aliphatic heterocycles. The van der Waals surface area contributed by atoms with E-state index < -0.39 is 15.8 Å². The first-order valence-corrected chi connectivity index (χ1v) is 11.6. The first-order valence-electron chi connectivity index (χ1n) is 9.82. The third-order valence-electron chi connectivity index (χ3n) is 5.22. The molecule has 3 aromatic carbocycles. The largest absolute Gasteiger partial charge is 0.322 e. The maximum atomic E-state index is 13.3. The molecule has 0 spiro atoms. The second kappa shape index (κ2) is 8.78. The molecule has 5 nitrogen and oxygen atoms in total. The van der Waals surface area contributed by atoms with Gasteiger partial charge in [-0.05, 0) is 66.4 Å². The lowest BCUT2D eigenvalue weighted by Crippen LogP contribution is -2.27. The average Bonchev–Trinajstić information content (AvgIpc) is 3.32. The summed E-state index contributed by atoms with van der Waals surface area (Å²) < 4.78 is 40.1. The van der Waals surface area contributed by atoms with E-state index >= 15 is 0 Å². The van der Waals surface area contributed by atoms with Crippen LogP contribution < -0.4 is 5.32 Å². The zero-order chi connectivity index (χ0) is 22.0. The maximum Gasteiger partial charge on any atom is 0.255 e. The summed E-state index contributed by atoms with van der Waals surface area (Å²) >= 11 is 5.74. The van der Waals surface area contributed by atoms with Crippen LogP contribution >= 0.6 is 11.6 Å². The maximum absolute atomic E-state index is 13.3. The summed E-state index contributed by atoms with van der Waals surface area (Å²) in [5, 5.41) is 2.61. The molecule has 160 valence electrons. The fraction of sp³-hybridized carbons (Fsp3) is 0.174.